The molecule has 0 unspecified atom stereocenters. The van der Waals surface area contributed by atoms with E-state index < -0.39 is 35.0 Å². The fourth-order valence-corrected chi connectivity index (χ4v) is 4.40. The van der Waals surface area contributed by atoms with Gasteiger partial charge in [0.2, 0.25) is 0 Å². The number of hydrogen-bond donors (Lipinski definition) is 2. The van der Waals surface area contributed by atoms with Crippen LogP contribution in [0.15, 0.2) is 36.5 Å². The van der Waals surface area contributed by atoms with Crippen molar-refractivity contribution < 1.29 is 28.7 Å². The zero-order valence-corrected chi connectivity index (χ0v) is 23.0. The number of carbonyl (C=O) groups is 4. The molecule has 0 aliphatic carbocycles. The number of ether oxygens (including phenoxy) is 2. The Morgan fingerprint density at radius 2 is 1.76 bits per heavy atom. The minimum atomic E-state index is -0.782. The lowest BCUT2D eigenvalue weighted by Gasteiger charge is -2.47. The van der Waals surface area contributed by atoms with Gasteiger partial charge in [-0.25, -0.2) is 9.78 Å². The van der Waals surface area contributed by atoms with Crippen LogP contribution in [0.5, 0.6) is 5.75 Å². The molecule has 1 aromatic carbocycles. The van der Waals surface area contributed by atoms with Gasteiger partial charge in [0.25, 0.3) is 0 Å². The highest BCUT2D eigenvalue weighted by atomic mass is 16.6. The molecule has 2 atom stereocenters. The molecule has 10 heteroatoms. The summed E-state index contributed by atoms with van der Waals surface area (Å²) in [6.45, 7) is 12.7. The number of piperidine rings is 1. The van der Waals surface area contributed by atoms with Crippen molar-refractivity contribution in [2.24, 2.45) is 5.92 Å². The Morgan fingerprint density at radius 1 is 1.11 bits per heavy atom. The van der Waals surface area contributed by atoms with Crippen LogP contribution in [0, 0.1) is 12.8 Å². The number of esters is 1. The number of amides is 3. The summed E-state index contributed by atoms with van der Waals surface area (Å²) in [6, 6.07) is 8.62. The molecule has 10 nitrogen and oxygen atoms in total. The van der Waals surface area contributed by atoms with Gasteiger partial charge in [-0.3, -0.25) is 19.7 Å². The first-order valence-electron chi connectivity index (χ1n) is 12.6. The third-order valence-electron chi connectivity index (χ3n) is 6.35. The van der Waals surface area contributed by atoms with E-state index in [9.17, 15) is 19.2 Å². The van der Waals surface area contributed by atoms with E-state index in [0.717, 1.165) is 12.0 Å². The molecule has 1 fully saturated rings. The fourth-order valence-electron chi connectivity index (χ4n) is 4.40. The minimum Gasteiger partial charge on any atom is -0.444 e. The van der Waals surface area contributed by atoms with Gasteiger partial charge in [-0.15, -0.1) is 0 Å². The van der Waals surface area contributed by atoms with Crippen LogP contribution in [0.3, 0.4) is 0 Å². The molecule has 0 radical (unpaired) electrons. The maximum Gasteiger partial charge on any atom is 0.413 e. The number of nitrogens with zero attached hydrogens (tertiary/aromatic N) is 2. The number of likely N-dealkylation sites (tertiary alicyclic amines) is 1. The van der Waals surface area contributed by atoms with Crippen LogP contribution in [0.4, 0.5) is 16.3 Å². The molecule has 38 heavy (non-hydrogen) atoms. The Morgan fingerprint density at radius 3 is 2.34 bits per heavy atom. The van der Waals surface area contributed by atoms with Crippen molar-refractivity contribution in [1.29, 1.82) is 0 Å². The van der Waals surface area contributed by atoms with Gasteiger partial charge in [0.1, 0.15) is 17.2 Å². The van der Waals surface area contributed by atoms with Gasteiger partial charge in [-0.1, -0.05) is 19.1 Å². The van der Waals surface area contributed by atoms with E-state index in [1.54, 1.807) is 50.8 Å². The maximum atomic E-state index is 13.4. The topological polar surface area (TPSA) is 127 Å². The summed E-state index contributed by atoms with van der Waals surface area (Å²) >= 11 is 0. The lowest BCUT2D eigenvalue weighted by atomic mass is 9.79. The normalized spacial score (nSPS) is 19.3. The van der Waals surface area contributed by atoms with E-state index in [2.05, 4.69) is 15.6 Å². The van der Waals surface area contributed by atoms with Crippen molar-refractivity contribution in [2.45, 2.75) is 72.4 Å². The van der Waals surface area contributed by atoms with Gasteiger partial charge >= 0.3 is 23.9 Å². The number of aryl methyl sites for hydroxylation is 1. The molecule has 0 spiro atoms. The number of carbonyl (C=O) groups excluding carboxylic acids is 4. The molecule has 2 N–H and O–H groups in total. The summed E-state index contributed by atoms with van der Waals surface area (Å²) in [6.07, 6.45) is 2.30. The minimum absolute atomic E-state index is 0.224. The third-order valence-corrected chi connectivity index (χ3v) is 6.35. The first kappa shape index (κ1) is 28.6. The predicted octanol–water partition coefficient (Wildman–Crippen LogP) is 4.77. The average molecular weight is 525 g/mol. The quantitative estimate of drug-likeness (QED) is 0.335. The maximum absolute atomic E-state index is 13.4. The van der Waals surface area contributed by atoms with Crippen LogP contribution in [-0.2, 0) is 24.7 Å². The second-order valence-corrected chi connectivity index (χ2v) is 10.9. The van der Waals surface area contributed by atoms with Gasteiger partial charge in [0.05, 0.1) is 17.4 Å². The van der Waals surface area contributed by atoms with E-state index >= 15 is 0 Å². The number of anilines is 2. The lowest BCUT2D eigenvalue weighted by molar-refractivity contribution is -0.150. The van der Waals surface area contributed by atoms with E-state index in [0.29, 0.717) is 35.8 Å². The molecule has 1 aliphatic heterocycles. The molecule has 2 heterocycles. The van der Waals surface area contributed by atoms with Crippen LogP contribution in [0.2, 0.25) is 0 Å². The monoisotopic (exact) mass is 524 g/mol. The van der Waals surface area contributed by atoms with Crippen LogP contribution in [-0.4, -0.2) is 45.9 Å². The van der Waals surface area contributed by atoms with Crippen molar-refractivity contribution in [2.75, 3.05) is 17.2 Å². The van der Waals surface area contributed by atoms with Crippen molar-refractivity contribution in [3.63, 3.8) is 0 Å². The van der Waals surface area contributed by atoms with E-state index in [-0.39, 0.29) is 5.92 Å². The predicted molar refractivity (Wildman–Crippen MR) is 143 cm³/mol. The summed E-state index contributed by atoms with van der Waals surface area (Å²) in [5.74, 6) is -0.924. The van der Waals surface area contributed by atoms with Gasteiger partial charge in [-0.05, 0) is 82.7 Å². The number of pyridine rings is 1. The summed E-state index contributed by atoms with van der Waals surface area (Å²) in [5, 5.41) is 5.22. The standard InChI is InChI=1S/C28H36N4O6/c1-17-12-13-28(7,20-8-10-22(11-9-20)37-19(3)33)32(16-17)25(35)24(34)30-21-14-18(2)23(29-15-21)31-26(36)38-27(4,5)6/h8-11,14-15,17H,12-13,16H2,1-7H3,(H,30,34)(H,29,31,36)/t17-,28-/m0/s1. The zero-order valence-electron chi connectivity index (χ0n) is 23.0. The first-order valence-corrected chi connectivity index (χ1v) is 12.6. The third kappa shape index (κ3) is 7.08. The molecule has 1 aliphatic rings. The number of benzene rings is 1. The van der Waals surface area contributed by atoms with Gasteiger partial charge < -0.3 is 19.7 Å². The van der Waals surface area contributed by atoms with Crippen molar-refractivity contribution in [3.05, 3.63) is 47.7 Å². The number of rotatable bonds is 4. The fraction of sp³-hybridized carbons (Fsp3) is 0.464. The van der Waals surface area contributed by atoms with E-state index in [4.69, 9.17) is 9.47 Å². The van der Waals surface area contributed by atoms with Crippen LogP contribution < -0.4 is 15.4 Å². The second kappa shape index (κ2) is 11.2. The van der Waals surface area contributed by atoms with E-state index in [1.807, 2.05) is 26.0 Å². The largest absolute Gasteiger partial charge is 0.444 e. The molecule has 0 bridgehead atoms. The van der Waals surface area contributed by atoms with Crippen LogP contribution in [0.1, 0.15) is 65.5 Å². The van der Waals surface area contributed by atoms with Crippen molar-refractivity contribution >= 4 is 35.4 Å². The highest BCUT2D eigenvalue weighted by Crippen LogP contribution is 2.40. The summed E-state index contributed by atoms with van der Waals surface area (Å²) in [7, 11) is 0. The summed E-state index contributed by atoms with van der Waals surface area (Å²) in [4.78, 5) is 55.6. The Labute approximate surface area is 223 Å². The Kier molecular flexibility index (Phi) is 8.44. The highest BCUT2D eigenvalue weighted by molar-refractivity contribution is 6.39. The van der Waals surface area contributed by atoms with Crippen LogP contribution in [0.25, 0.3) is 0 Å². The molecule has 0 saturated carbocycles. The number of nitrogens with one attached hydrogen (secondary N) is 2. The smallest absolute Gasteiger partial charge is 0.413 e. The Bertz CT molecular complexity index is 1220. The van der Waals surface area contributed by atoms with Gasteiger partial charge in [-0.2, -0.15) is 0 Å². The molecule has 3 amide bonds. The number of hydrogen-bond acceptors (Lipinski definition) is 7. The Hall–Kier alpha value is -3.95. The first-order chi connectivity index (χ1) is 17.7. The molecule has 1 aromatic heterocycles. The molecule has 204 valence electrons. The lowest BCUT2D eigenvalue weighted by Crippen LogP contribution is -2.55. The SMILES string of the molecule is CC(=O)Oc1ccc([C@]2(C)CC[C@H](C)CN2C(=O)C(=O)Nc2cnc(NC(=O)OC(C)(C)C)c(C)c2)cc1. The second-order valence-electron chi connectivity index (χ2n) is 10.9. The van der Waals surface area contributed by atoms with E-state index in [1.165, 1.54) is 13.1 Å². The molecule has 3 rings (SSSR count). The van der Waals surface area contributed by atoms with Crippen LogP contribution >= 0.6 is 0 Å². The van der Waals surface area contributed by atoms with Crippen molar-refractivity contribution in [3.8, 4) is 5.75 Å². The zero-order chi connectivity index (χ0) is 28.3. The summed E-state index contributed by atoms with van der Waals surface area (Å²) in [5.41, 5.74) is 0.386. The highest BCUT2D eigenvalue weighted by Gasteiger charge is 2.43. The molecule has 1 saturated heterocycles. The van der Waals surface area contributed by atoms with Gasteiger partial charge in [0, 0.05) is 13.5 Å². The number of aromatic nitrogens is 1. The Balaban J connectivity index is 1.75. The molecular weight excluding hydrogens is 488 g/mol. The molecule has 2 aromatic rings. The average Bonchev–Trinajstić information content (AvgIpc) is 2.81. The van der Waals surface area contributed by atoms with Crippen molar-refractivity contribution in [1.82, 2.24) is 9.88 Å². The van der Waals surface area contributed by atoms with Gasteiger partial charge in [0.15, 0.2) is 0 Å². The molecular formula is C28H36N4O6. The summed E-state index contributed by atoms with van der Waals surface area (Å²) < 4.78 is 10.4.